The zero-order valence-electron chi connectivity index (χ0n) is 7.25. The third kappa shape index (κ3) is 1.31. The van der Waals surface area contributed by atoms with Crippen molar-refractivity contribution in [1.82, 2.24) is 9.55 Å². The molecule has 0 N–H and O–H groups in total. The first-order valence-corrected chi connectivity index (χ1v) is 4.07. The van der Waals surface area contributed by atoms with Crippen LogP contribution in [0.2, 0.25) is 0 Å². The fourth-order valence-electron chi connectivity index (χ4n) is 1.25. The van der Waals surface area contributed by atoms with Gasteiger partial charge in [0, 0.05) is 0 Å². The van der Waals surface area contributed by atoms with Gasteiger partial charge in [-0.25, -0.2) is 4.98 Å². The Bertz CT molecular complexity index is 531. The van der Waals surface area contributed by atoms with Crippen molar-refractivity contribution in [2.45, 2.75) is 0 Å². The van der Waals surface area contributed by atoms with Crippen LogP contribution in [-0.4, -0.2) is 15.8 Å². The van der Waals surface area contributed by atoms with Crippen LogP contribution in [-0.2, 0) is 4.79 Å². The van der Waals surface area contributed by atoms with E-state index in [0.717, 1.165) is 11.1 Å². The van der Waals surface area contributed by atoms with Crippen LogP contribution in [0.3, 0.4) is 0 Å². The van der Waals surface area contributed by atoms with Gasteiger partial charge in [-0.1, -0.05) is 12.1 Å². The maximum absolute atomic E-state index is 11.7. The summed E-state index contributed by atoms with van der Waals surface area (Å²) in [4.78, 5) is 25.9. The van der Waals surface area contributed by atoms with E-state index in [9.17, 15) is 9.59 Å². The van der Waals surface area contributed by atoms with Crippen LogP contribution in [0.4, 0.5) is 0 Å². The number of hydrogen-bond donors (Lipinski definition) is 0. The normalized spacial score (nSPS) is 10.3. The molecule has 0 amide bonds. The van der Waals surface area contributed by atoms with Gasteiger partial charge >= 0.3 is 0 Å². The van der Waals surface area contributed by atoms with Gasteiger partial charge in [0.15, 0.2) is 0 Å². The second kappa shape index (κ2) is 3.41. The summed E-state index contributed by atoms with van der Waals surface area (Å²) in [6.45, 7) is 1.14. The number of rotatable bonds is 2. The Balaban J connectivity index is 2.75. The molecule has 4 nitrogen and oxygen atoms in total. The number of nitrogens with zero attached hydrogens (tertiary/aromatic N) is 2. The Hall–Kier alpha value is -1.97. The van der Waals surface area contributed by atoms with Crippen molar-refractivity contribution in [3.63, 3.8) is 0 Å². The van der Waals surface area contributed by atoms with E-state index >= 15 is 0 Å². The van der Waals surface area contributed by atoms with Crippen LogP contribution in [0.1, 0.15) is 0 Å². The molecule has 69 valence electrons. The Labute approximate surface area is 79.8 Å². The van der Waals surface area contributed by atoms with Gasteiger partial charge < -0.3 is 4.79 Å². The van der Waals surface area contributed by atoms with Gasteiger partial charge in [-0.2, -0.15) is 0 Å². The van der Waals surface area contributed by atoms with E-state index in [2.05, 4.69) is 4.98 Å². The van der Waals surface area contributed by atoms with E-state index in [1.807, 2.05) is 6.07 Å². The summed E-state index contributed by atoms with van der Waals surface area (Å²) in [7, 11) is 0. The maximum Gasteiger partial charge on any atom is 0.261 e. The third-order valence-electron chi connectivity index (χ3n) is 1.91. The molecule has 0 aliphatic rings. The summed E-state index contributed by atoms with van der Waals surface area (Å²) in [6.07, 6.45) is 1.89. The van der Waals surface area contributed by atoms with Crippen molar-refractivity contribution in [3.8, 4) is 0 Å². The number of hydrogen-bond acceptors (Lipinski definition) is 3. The Morgan fingerprint density at radius 1 is 1.29 bits per heavy atom. The van der Waals surface area contributed by atoms with Crippen molar-refractivity contribution >= 4 is 17.2 Å². The molecule has 4 heteroatoms. The molecule has 2 aromatic rings. The van der Waals surface area contributed by atoms with Gasteiger partial charge in [-0.15, -0.1) is 0 Å². The molecule has 1 heterocycles. The zero-order valence-corrected chi connectivity index (χ0v) is 7.25. The predicted octanol–water partition coefficient (Wildman–Crippen LogP) is 0.605. The monoisotopic (exact) mass is 187 g/mol. The molecule has 1 aromatic carbocycles. The first-order chi connectivity index (χ1) is 6.83. The second-order valence-electron chi connectivity index (χ2n) is 2.76. The van der Waals surface area contributed by atoms with Crippen molar-refractivity contribution < 1.29 is 4.79 Å². The Morgan fingerprint density at radius 2 is 2.07 bits per heavy atom. The van der Waals surface area contributed by atoms with Gasteiger partial charge in [-0.3, -0.25) is 9.36 Å². The molecular formula is C10H7N2O2. The summed E-state index contributed by atoms with van der Waals surface area (Å²) in [5, 5.41) is 0.508. The molecule has 0 aliphatic carbocycles. The number of aromatic nitrogens is 2. The lowest BCUT2D eigenvalue weighted by atomic mass is 10.2. The standard InChI is InChI=1S/C10H7N2O2/c13-6-5-12-7-11-9-4-2-1-3-8(9)10(12)14/h1-7H. The quantitative estimate of drug-likeness (QED) is 0.647. The Kier molecular flexibility index (Phi) is 2.10. The lowest BCUT2D eigenvalue weighted by molar-refractivity contribution is -0.105. The van der Waals surface area contributed by atoms with E-state index < -0.39 is 0 Å². The number of para-hydroxylation sites is 1. The zero-order chi connectivity index (χ0) is 9.97. The molecule has 1 aromatic heterocycles. The molecule has 0 bridgehead atoms. The van der Waals surface area contributed by atoms with Crippen LogP contribution in [0.15, 0.2) is 35.4 Å². The van der Waals surface area contributed by atoms with E-state index in [4.69, 9.17) is 0 Å². The molecule has 0 fully saturated rings. The lowest BCUT2D eigenvalue weighted by Gasteiger charge is -2.00. The summed E-state index contributed by atoms with van der Waals surface area (Å²) in [5.41, 5.74) is 0.399. The topological polar surface area (TPSA) is 52.0 Å². The van der Waals surface area contributed by atoms with Crippen LogP contribution >= 0.6 is 0 Å². The molecule has 2 rings (SSSR count). The van der Waals surface area contributed by atoms with Crippen LogP contribution in [0.25, 0.3) is 10.9 Å². The molecule has 0 atom stereocenters. The highest BCUT2D eigenvalue weighted by atomic mass is 16.1. The van der Waals surface area contributed by atoms with E-state index in [-0.39, 0.29) is 5.56 Å². The molecule has 0 aliphatic heterocycles. The molecule has 0 unspecified atom stereocenters. The lowest BCUT2D eigenvalue weighted by Crippen LogP contribution is -2.19. The minimum absolute atomic E-state index is 0.234. The molecule has 14 heavy (non-hydrogen) atoms. The van der Waals surface area contributed by atoms with Gasteiger partial charge in [0.2, 0.25) is 0 Å². The average molecular weight is 187 g/mol. The first-order valence-electron chi connectivity index (χ1n) is 4.07. The van der Waals surface area contributed by atoms with Crippen LogP contribution < -0.4 is 5.56 Å². The molecule has 0 saturated carbocycles. The maximum atomic E-state index is 11.7. The van der Waals surface area contributed by atoms with Crippen LogP contribution in [0.5, 0.6) is 0 Å². The molecular weight excluding hydrogens is 180 g/mol. The Morgan fingerprint density at radius 3 is 2.86 bits per heavy atom. The first kappa shape index (κ1) is 8.62. The minimum atomic E-state index is -0.234. The largest absolute Gasteiger partial charge is 0.301 e. The van der Waals surface area contributed by atoms with Gasteiger partial charge in [0.25, 0.3) is 5.56 Å². The highest BCUT2D eigenvalue weighted by molar-refractivity contribution is 5.77. The molecule has 0 saturated heterocycles. The number of carbonyl (C=O) groups excluding carboxylic acids is 1. The van der Waals surface area contributed by atoms with Crippen molar-refractivity contribution in [1.29, 1.82) is 0 Å². The van der Waals surface area contributed by atoms with E-state index in [0.29, 0.717) is 17.2 Å². The fraction of sp³-hybridized carbons (Fsp3) is 0. The SMILES string of the molecule is O=C[CH]n1cnc2ccccc2c1=O. The van der Waals surface area contributed by atoms with E-state index in [1.54, 1.807) is 18.2 Å². The van der Waals surface area contributed by atoms with E-state index in [1.165, 1.54) is 6.33 Å². The van der Waals surface area contributed by atoms with Crippen LogP contribution in [0, 0.1) is 6.54 Å². The highest BCUT2D eigenvalue weighted by Gasteiger charge is 2.01. The third-order valence-corrected chi connectivity index (χ3v) is 1.91. The number of aldehydes is 1. The number of benzene rings is 1. The van der Waals surface area contributed by atoms with Crippen molar-refractivity contribution in [3.05, 3.63) is 47.5 Å². The molecule has 0 spiro atoms. The predicted molar refractivity (Wildman–Crippen MR) is 51.8 cm³/mol. The number of fused-ring (bicyclic) bond motifs is 1. The highest BCUT2D eigenvalue weighted by Crippen LogP contribution is 2.04. The fourth-order valence-corrected chi connectivity index (χ4v) is 1.25. The smallest absolute Gasteiger partial charge is 0.261 e. The summed E-state index contributed by atoms with van der Waals surface area (Å²) in [5.74, 6) is 0. The second-order valence-corrected chi connectivity index (χ2v) is 2.76. The van der Waals surface area contributed by atoms with Crippen molar-refractivity contribution in [2.24, 2.45) is 0 Å². The summed E-state index contributed by atoms with van der Waals surface area (Å²) >= 11 is 0. The summed E-state index contributed by atoms with van der Waals surface area (Å²) in [6, 6.07) is 7.00. The molecule has 1 radical (unpaired) electrons. The number of carbonyl (C=O) groups is 1. The van der Waals surface area contributed by atoms with Gasteiger partial charge in [-0.05, 0) is 12.1 Å². The average Bonchev–Trinajstić information content (AvgIpc) is 2.23. The minimum Gasteiger partial charge on any atom is -0.301 e. The summed E-state index contributed by atoms with van der Waals surface area (Å²) < 4.78 is 1.16. The van der Waals surface area contributed by atoms with Gasteiger partial charge in [0.05, 0.1) is 17.2 Å². The van der Waals surface area contributed by atoms with Crippen molar-refractivity contribution in [2.75, 3.05) is 0 Å². The van der Waals surface area contributed by atoms with Gasteiger partial charge in [0.1, 0.15) is 12.8 Å².